The molecule has 10 radical (unpaired) electrons. The second-order valence-electron chi connectivity index (χ2n) is 11.9. The molecule has 9 rings (SSSR count). The molecule has 49 heavy (non-hydrogen) atoms. The van der Waals surface area contributed by atoms with Crippen LogP contribution < -0.4 is 27.3 Å². The molecule has 0 unspecified atom stereocenters. The average molecular weight is 647 g/mol. The van der Waals surface area contributed by atoms with E-state index in [1.807, 2.05) is 47.7 Å². The van der Waals surface area contributed by atoms with Gasteiger partial charge in [-0.25, -0.2) is 15.0 Å². The zero-order chi connectivity index (χ0) is 33.4. The molecule has 0 atom stereocenters. The SMILES string of the molecule is [B]c1c([B])c([B])c(-c2nc(-c3ccccc3)nc(-c3ccc4c(c3)sc3cc(-c5cccc6c5sc5ccccc56)ccc34)n2)c([B])c1[B]. The highest BCUT2D eigenvalue weighted by Crippen LogP contribution is 2.42. The number of fused-ring (bicyclic) bond motifs is 6. The number of nitrogens with zero attached hydrogens (tertiary/aromatic N) is 3. The van der Waals surface area contributed by atoms with Crippen molar-refractivity contribution in [3.05, 3.63) is 109 Å². The molecule has 3 heterocycles. The summed E-state index contributed by atoms with van der Waals surface area (Å²) in [6.45, 7) is 0. The highest BCUT2D eigenvalue weighted by Gasteiger charge is 2.19. The van der Waals surface area contributed by atoms with Gasteiger partial charge >= 0.3 is 0 Å². The minimum atomic E-state index is 0.134. The third-order valence-corrected chi connectivity index (χ3v) is 11.4. The van der Waals surface area contributed by atoms with Gasteiger partial charge in [0.2, 0.25) is 0 Å². The van der Waals surface area contributed by atoms with E-state index in [-0.39, 0.29) is 33.1 Å². The Morgan fingerprint density at radius 3 is 1.67 bits per heavy atom. The standard InChI is InChI=1S/C39H18B5N3S2/c40-31-30(32(41)34(43)35(44)33(31)42)39-46-37(19-7-2-1-3-8-19)45-38(47-39)21-14-16-25-24-15-13-20(17-28(24)48-29(25)18-21)22-10-6-11-26-23-9-4-5-12-27(23)49-36(22)26/h1-18H. The fraction of sp³-hybridized carbons (Fsp3) is 0. The lowest BCUT2D eigenvalue weighted by atomic mass is 9.60. The van der Waals surface area contributed by atoms with Crippen molar-refractivity contribution in [3.8, 4) is 45.3 Å². The van der Waals surface area contributed by atoms with Crippen molar-refractivity contribution in [1.29, 1.82) is 0 Å². The number of hydrogen-bond acceptors (Lipinski definition) is 5. The lowest BCUT2D eigenvalue weighted by molar-refractivity contribution is 1.08. The topological polar surface area (TPSA) is 38.7 Å². The van der Waals surface area contributed by atoms with Gasteiger partial charge < -0.3 is 0 Å². The fourth-order valence-electron chi connectivity index (χ4n) is 6.48. The molecule has 3 aromatic heterocycles. The maximum atomic E-state index is 6.45. The van der Waals surface area contributed by atoms with Crippen LogP contribution in [0, 0.1) is 0 Å². The minimum absolute atomic E-state index is 0.134. The largest absolute Gasteiger partial charge is 0.208 e. The van der Waals surface area contributed by atoms with Gasteiger partial charge in [0.05, 0.1) is 0 Å². The van der Waals surface area contributed by atoms with Crippen LogP contribution in [0.2, 0.25) is 0 Å². The third-order valence-electron chi connectivity index (χ3n) is 9.04. The summed E-state index contributed by atoms with van der Waals surface area (Å²) < 4.78 is 4.92. The monoisotopic (exact) mass is 647 g/mol. The molecule has 0 amide bonds. The first kappa shape index (κ1) is 30.2. The van der Waals surface area contributed by atoms with Gasteiger partial charge in [-0.1, -0.05) is 102 Å². The van der Waals surface area contributed by atoms with E-state index in [0.717, 1.165) is 15.8 Å². The van der Waals surface area contributed by atoms with E-state index in [9.17, 15) is 0 Å². The van der Waals surface area contributed by atoms with Crippen LogP contribution in [0.4, 0.5) is 0 Å². The molecule has 10 heteroatoms. The van der Waals surface area contributed by atoms with Crippen LogP contribution in [0.5, 0.6) is 0 Å². The Balaban J connectivity index is 1.19. The van der Waals surface area contributed by atoms with Crippen molar-refractivity contribution in [2.24, 2.45) is 0 Å². The van der Waals surface area contributed by atoms with Crippen molar-refractivity contribution >= 4 is 130 Å². The Morgan fingerprint density at radius 1 is 0.388 bits per heavy atom. The molecule has 0 bridgehead atoms. The van der Waals surface area contributed by atoms with Gasteiger partial charge in [0, 0.05) is 57.0 Å². The second-order valence-corrected chi connectivity index (χ2v) is 14.1. The van der Waals surface area contributed by atoms with Crippen LogP contribution in [-0.2, 0) is 0 Å². The summed E-state index contributed by atoms with van der Waals surface area (Å²) in [4.78, 5) is 14.5. The van der Waals surface area contributed by atoms with Crippen LogP contribution in [0.25, 0.3) is 85.6 Å². The molecule has 3 nitrogen and oxygen atoms in total. The molecule has 0 fully saturated rings. The van der Waals surface area contributed by atoms with E-state index in [4.69, 9.17) is 54.2 Å². The Labute approximate surface area is 297 Å². The molecule has 216 valence electrons. The fourth-order valence-corrected chi connectivity index (χ4v) is 8.90. The van der Waals surface area contributed by atoms with Crippen LogP contribution in [0.15, 0.2) is 109 Å². The van der Waals surface area contributed by atoms with Crippen LogP contribution in [-0.4, -0.2) is 54.2 Å². The van der Waals surface area contributed by atoms with Gasteiger partial charge in [-0.05, 0) is 29.3 Å². The van der Waals surface area contributed by atoms with Crippen molar-refractivity contribution in [1.82, 2.24) is 15.0 Å². The van der Waals surface area contributed by atoms with Gasteiger partial charge in [0.15, 0.2) is 17.5 Å². The molecule has 6 aromatic carbocycles. The Bertz CT molecular complexity index is 2760. The molecule has 9 aromatic rings. The van der Waals surface area contributed by atoms with Crippen LogP contribution in [0.1, 0.15) is 0 Å². The first-order valence-corrected chi connectivity index (χ1v) is 17.2. The van der Waals surface area contributed by atoms with E-state index in [1.54, 1.807) is 11.3 Å². The molecule has 0 spiro atoms. The molecule has 0 aliphatic carbocycles. The van der Waals surface area contributed by atoms with Crippen molar-refractivity contribution in [2.45, 2.75) is 0 Å². The first-order chi connectivity index (χ1) is 23.9. The smallest absolute Gasteiger partial charge is 0.164 e. The molecule has 0 aliphatic rings. The lowest BCUT2D eigenvalue weighted by Gasteiger charge is -2.20. The summed E-state index contributed by atoms with van der Waals surface area (Å²) >= 11 is 3.59. The minimum Gasteiger partial charge on any atom is -0.208 e. The van der Waals surface area contributed by atoms with Gasteiger partial charge in [0.1, 0.15) is 39.2 Å². The lowest BCUT2D eigenvalue weighted by Crippen LogP contribution is -2.55. The second kappa shape index (κ2) is 11.6. The van der Waals surface area contributed by atoms with Crippen LogP contribution in [0.3, 0.4) is 0 Å². The number of thiophene rings is 2. The highest BCUT2D eigenvalue weighted by molar-refractivity contribution is 7.26. The van der Waals surface area contributed by atoms with Gasteiger partial charge in [0.25, 0.3) is 0 Å². The Kier molecular flexibility index (Phi) is 7.15. The normalized spacial score (nSPS) is 11.7. The van der Waals surface area contributed by atoms with E-state index in [0.29, 0.717) is 17.2 Å². The summed E-state index contributed by atoms with van der Waals surface area (Å²) in [7, 11) is 31.4. The first-order valence-electron chi connectivity index (χ1n) is 15.6. The maximum Gasteiger partial charge on any atom is 0.164 e. The Morgan fingerprint density at radius 2 is 0.939 bits per heavy atom. The zero-order valence-electron chi connectivity index (χ0n) is 25.9. The summed E-state index contributed by atoms with van der Waals surface area (Å²) in [5, 5.41) is 4.96. The predicted octanol–water partition coefficient (Wildman–Crippen LogP) is 5.24. The van der Waals surface area contributed by atoms with E-state index in [2.05, 4.69) is 72.8 Å². The van der Waals surface area contributed by atoms with E-state index >= 15 is 0 Å². The van der Waals surface area contributed by atoms with E-state index in [1.165, 1.54) is 46.8 Å². The van der Waals surface area contributed by atoms with Crippen molar-refractivity contribution in [3.63, 3.8) is 0 Å². The number of rotatable bonds is 4. The molecule has 0 saturated heterocycles. The molecular formula is C39H18B5N3S2. The van der Waals surface area contributed by atoms with Gasteiger partial charge in [-0.15, -0.1) is 39.1 Å². The van der Waals surface area contributed by atoms with E-state index < -0.39 is 0 Å². The molecular weight excluding hydrogens is 629 g/mol. The summed E-state index contributed by atoms with van der Waals surface area (Å²) in [5.74, 6) is 1.19. The number of aromatic nitrogens is 3. The summed E-state index contributed by atoms with van der Waals surface area (Å²) in [6, 6.07) is 37.9. The highest BCUT2D eigenvalue weighted by atomic mass is 32.1. The predicted molar refractivity (Wildman–Crippen MR) is 214 cm³/mol. The van der Waals surface area contributed by atoms with Crippen molar-refractivity contribution in [2.75, 3.05) is 0 Å². The maximum absolute atomic E-state index is 6.45. The van der Waals surface area contributed by atoms with Crippen molar-refractivity contribution < 1.29 is 0 Å². The Hall–Kier alpha value is -4.91. The quantitative estimate of drug-likeness (QED) is 0.246. The molecule has 0 N–H and O–H groups in total. The number of hydrogen-bond donors (Lipinski definition) is 0. The molecule has 0 aliphatic heterocycles. The zero-order valence-corrected chi connectivity index (χ0v) is 27.6. The third kappa shape index (κ3) is 4.88. The summed E-state index contributed by atoms with van der Waals surface area (Å²) in [5.41, 5.74) is 5.15. The summed E-state index contributed by atoms with van der Waals surface area (Å²) in [6.07, 6.45) is 0. The molecule has 0 saturated carbocycles. The average Bonchev–Trinajstić information content (AvgIpc) is 3.71. The van der Waals surface area contributed by atoms with Gasteiger partial charge in [-0.2, -0.15) is 0 Å². The van der Waals surface area contributed by atoms with Crippen LogP contribution >= 0.6 is 22.7 Å². The number of benzene rings is 6. The van der Waals surface area contributed by atoms with Gasteiger partial charge in [-0.3, -0.25) is 0 Å².